The summed E-state index contributed by atoms with van der Waals surface area (Å²) in [6, 6.07) is 12.1. The van der Waals surface area contributed by atoms with Crippen molar-refractivity contribution in [2.45, 2.75) is 13.0 Å². The van der Waals surface area contributed by atoms with E-state index >= 15 is 0 Å². The van der Waals surface area contributed by atoms with Crippen molar-refractivity contribution in [1.82, 2.24) is 9.55 Å². The normalized spacial score (nSPS) is 15.9. The molecule has 4 rings (SSSR count). The Labute approximate surface area is 184 Å². The van der Waals surface area contributed by atoms with Gasteiger partial charge in [0.15, 0.2) is 0 Å². The molecule has 32 heavy (non-hydrogen) atoms. The van der Waals surface area contributed by atoms with E-state index in [1.54, 1.807) is 61.6 Å². The van der Waals surface area contributed by atoms with Crippen LogP contribution in [0.5, 0.6) is 5.75 Å². The van der Waals surface area contributed by atoms with E-state index in [0.29, 0.717) is 35.5 Å². The van der Waals surface area contributed by atoms with Gasteiger partial charge in [-0.1, -0.05) is 0 Å². The fraction of sp³-hybridized carbons (Fsp3) is 0.304. The van der Waals surface area contributed by atoms with Crippen molar-refractivity contribution in [2.75, 3.05) is 37.6 Å². The van der Waals surface area contributed by atoms with Crippen LogP contribution in [0.3, 0.4) is 0 Å². The minimum Gasteiger partial charge on any atom is -0.497 e. The molecule has 1 N–H and O–H groups in total. The van der Waals surface area contributed by atoms with E-state index in [1.165, 1.54) is 10.9 Å². The summed E-state index contributed by atoms with van der Waals surface area (Å²) >= 11 is 0. The van der Waals surface area contributed by atoms with Crippen LogP contribution >= 0.6 is 0 Å². The molecule has 166 valence electrons. The Bertz CT molecular complexity index is 1210. The van der Waals surface area contributed by atoms with Crippen molar-refractivity contribution >= 4 is 34.1 Å². The predicted octanol–water partition coefficient (Wildman–Crippen LogP) is 2.04. The molecular formula is C23H24N4O5. The van der Waals surface area contributed by atoms with E-state index in [4.69, 9.17) is 9.47 Å². The fourth-order valence-corrected chi connectivity index (χ4v) is 3.72. The molecule has 1 atom stereocenters. The van der Waals surface area contributed by atoms with Crippen LogP contribution in [0.25, 0.3) is 10.9 Å². The number of nitrogens with zero attached hydrogens (tertiary/aromatic N) is 3. The minimum absolute atomic E-state index is 0.112. The molecule has 1 aromatic heterocycles. The van der Waals surface area contributed by atoms with E-state index in [9.17, 15) is 14.4 Å². The number of amides is 2. The van der Waals surface area contributed by atoms with Gasteiger partial charge in [0.1, 0.15) is 5.75 Å². The van der Waals surface area contributed by atoms with E-state index in [1.807, 2.05) is 0 Å². The molecule has 2 heterocycles. The lowest BCUT2D eigenvalue weighted by Crippen LogP contribution is -2.28. The highest BCUT2D eigenvalue weighted by molar-refractivity contribution is 6.04. The zero-order chi connectivity index (χ0) is 22.7. The number of aromatic nitrogens is 2. The van der Waals surface area contributed by atoms with Crippen molar-refractivity contribution in [3.05, 3.63) is 59.1 Å². The zero-order valence-electron chi connectivity index (χ0n) is 17.9. The van der Waals surface area contributed by atoms with E-state index < -0.39 is 5.92 Å². The first-order valence-corrected chi connectivity index (χ1v) is 10.2. The van der Waals surface area contributed by atoms with Crippen LogP contribution in [0.4, 0.5) is 11.4 Å². The van der Waals surface area contributed by atoms with Gasteiger partial charge in [0.05, 0.1) is 43.4 Å². The van der Waals surface area contributed by atoms with Gasteiger partial charge in [-0.15, -0.1) is 0 Å². The summed E-state index contributed by atoms with van der Waals surface area (Å²) in [6.45, 7) is 1.07. The number of benzene rings is 2. The summed E-state index contributed by atoms with van der Waals surface area (Å²) in [5, 5.41) is 3.24. The maximum Gasteiger partial charge on any atom is 0.261 e. The van der Waals surface area contributed by atoms with Crippen LogP contribution in [0.2, 0.25) is 0 Å². The molecule has 0 aliphatic carbocycles. The van der Waals surface area contributed by atoms with E-state index in [2.05, 4.69) is 10.3 Å². The molecular weight excluding hydrogens is 412 g/mol. The first-order chi connectivity index (χ1) is 15.5. The van der Waals surface area contributed by atoms with Crippen LogP contribution in [-0.2, 0) is 20.9 Å². The summed E-state index contributed by atoms with van der Waals surface area (Å²) in [7, 11) is 3.14. The second kappa shape index (κ2) is 9.19. The Morgan fingerprint density at radius 2 is 1.94 bits per heavy atom. The Balaban J connectivity index is 1.49. The Kier molecular flexibility index (Phi) is 6.18. The van der Waals surface area contributed by atoms with Crippen LogP contribution in [0, 0.1) is 5.92 Å². The number of carbonyl (C=O) groups excluding carboxylic acids is 2. The molecule has 0 bridgehead atoms. The molecule has 9 nitrogen and oxygen atoms in total. The second-order valence-corrected chi connectivity index (χ2v) is 7.56. The number of hydrogen-bond donors (Lipinski definition) is 1. The molecule has 2 amide bonds. The minimum atomic E-state index is -0.493. The fourth-order valence-electron chi connectivity index (χ4n) is 3.72. The SMILES string of the molecule is COCCn1cnc2ccc(NC(=O)[C@H]3CC(=O)N(c4ccc(OC)cc4)C3)cc2c1=O. The summed E-state index contributed by atoms with van der Waals surface area (Å²) in [6.07, 6.45) is 1.61. The largest absolute Gasteiger partial charge is 0.497 e. The lowest BCUT2D eigenvalue weighted by atomic mass is 10.1. The van der Waals surface area contributed by atoms with E-state index in [-0.39, 0.29) is 30.3 Å². The van der Waals surface area contributed by atoms with Crippen molar-refractivity contribution in [3.63, 3.8) is 0 Å². The summed E-state index contributed by atoms with van der Waals surface area (Å²) in [5.74, 6) is -0.175. The highest BCUT2D eigenvalue weighted by Gasteiger charge is 2.35. The average molecular weight is 436 g/mol. The van der Waals surface area contributed by atoms with Crippen molar-refractivity contribution in [2.24, 2.45) is 5.92 Å². The number of carbonyl (C=O) groups is 2. The average Bonchev–Trinajstić information content (AvgIpc) is 3.21. The van der Waals surface area contributed by atoms with Gasteiger partial charge in [-0.3, -0.25) is 19.0 Å². The third-order valence-electron chi connectivity index (χ3n) is 5.51. The third-order valence-corrected chi connectivity index (χ3v) is 5.51. The Morgan fingerprint density at radius 3 is 2.66 bits per heavy atom. The van der Waals surface area contributed by atoms with Gasteiger partial charge < -0.3 is 19.7 Å². The molecule has 9 heteroatoms. The van der Waals surface area contributed by atoms with Crippen LogP contribution in [-0.4, -0.2) is 48.7 Å². The first kappa shape index (κ1) is 21.5. The molecule has 1 saturated heterocycles. The maximum absolute atomic E-state index is 12.8. The number of ether oxygens (including phenoxy) is 2. The molecule has 3 aromatic rings. The van der Waals surface area contributed by atoms with Gasteiger partial charge in [-0.05, 0) is 42.5 Å². The molecule has 2 aromatic carbocycles. The highest BCUT2D eigenvalue weighted by Crippen LogP contribution is 2.27. The van der Waals surface area contributed by atoms with Crippen molar-refractivity contribution in [3.8, 4) is 5.75 Å². The maximum atomic E-state index is 12.8. The molecule has 1 aliphatic rings. The van der Waals surface area contributed by atoms with Gasteiger partial charge >= 0.3 is 0 Å². The van der Waals surface area contributed by atoms with Gasteiger partial charge in [-0.2, -0.15) is 0 Å². The summed E-state index contributed by atoms with van der Waals surface area (Å²) < 4.78 is 11.6. The first-order valence-electron chi connectivity index (χ1n) is 10.2. The van der Waals surface area contributed by atoms with Gasteiger partial charge in [0, 0.05) is 31.5 Å². The van der Waals surface area contributed by atoms with E-state index in [0.717, 1.165) is 5.69 Å². The van der Waals surface area contributed by atoms with Crippen LogP contribution in [0.1, 0.15) is 6.42 Å². The van der Waals surface area contributed by atoms with Gasteiger partial charge in [-0.25, -0.2) is 4.98 Å². The number of hydrogen-bond acceptors (Lipinski definition) is 6. The number of methoxy groups -OCH3 is 2. The smallest absolute Gasteiger partial charge is 0.261 e. The predicted molar refractivity (Wildman–Crippen MR) is 120 cm³/mol. The molecule has 0 spiro atoms. The number of fused-ring (bicyclic) bond motifs is 1. The second-order valence-electron chi connectivity index (χ2n) is 7.56. The number of anilines is 2. The summed E-state index contributed by atoms with van der Waals surface area (Å²) in [4.78, 5) is 43.9. The Hall–Kier alpha value is -3.72. The van der Waals surface area contributed by atoms with Gasteiger partial charge in [0.25, 0.3) is 5.56 Å². The van der Waals surface area contributed by atoms with Gasteiger partial charge in [0.2, 0.25) is 11.8 Å². The number of rotatable bonds is 7. The van der Waals surface area contributed by atoms with Crippen LogP contribution in [0.15, 0.2) is 53.6 Å². The molecule has 0 unspecified atom stereocenters. The molecule has 0 saturated carbocycles. The molecule has 0 radical (unpaired) electrons. The third kappa shape index (κ3) is 4.33. The monoisotopic (exact) mass is 436 g/mol. The van der Waals surface area contributed by atoms with Crippen LogP contribution < -0.4 is 20.5 Å². The standard InChI is InChI=1S/C23H24N4O5/c1-31-10-9-26-14-24-20-8-3-16(12-19(20)23(26)30)25-22(29)15-11-21(28)27(13-15)17-4-6-18(32-2)7-5-17/h3-8,12,14-15H,9-11,13H2,1-2H3,(H,25,29)/t15-/m0/s1. The molecule has 1 aliphatic heterocycles. The quantitative estimate of drug-likeness (QED) is 0.608. The van der Waals surface area contributed by atoms with Crippen molar-refractivity contribution < 1.29 is 19.1 Å². The zero-order valence-corrected chi connectivity index (χ0v) is 17.9. The topological polar surface area (TPSA) is 103 Å². The number of nitrogens with one attached hydrogen (secondary N) is 1. The molecule has 1 fully saturated rings. The Morgan fingerprint density at radius 1 is 1.16 bits per heavy atom. The lowest BCUT2D eigenvalue weighted by molar-refractivity contribution is -0.122. The van der Waals surface area contributed by atoms with Crippen molar-refractivity contribution in [1.29, 1.82) is 0 Å². The lowest BCUT2D eigenvalue weighted by Gasteiger charge is -2.17. The summed E-state index contributed by atoms with van der Waals surface area (Å²) in [5.41, 5.74) is 1.55. The highest BCUT2D eigenvalue weighted by atomic mass is 16.5.